The smallest absolute Gasteiger partial charge is 0.182 e. The van der Waals surface area contributed by atoms with Crippen LogP contribution in [0.5, 0.6) is 0 Å². The molecule has 6 nitrogen and oxygen atoms in total. The number of aryl methyl sites for hydroxylation is 2. The Kier molecular flexibility index (Phi) is 4.90. The van der Waals surface area contributed by atoms with Gasteiger partial charge in [-0.25, -0.2) is 4.68 Å². The monoisotopic (exact) mass is 289 g/mol. The fourth-order valence-electron chi connectivity index (χ4n) is 2.13. The first-order valence-corrected chi connectivity index (χ1v) is 7.20. The summed E-state index contributed by atoms with van der Waals surface area (Å²) in [5.41, 5.74) is 9.89. The van der Waals surface area contributed by atoms with Crippen LogP contribution in [0.25, 0.3) is 11.4 Å². The lowest BCUT2D eigenvalue weighted by Crippen LogP contribution is -2.12. The Morgan fingerprint density at radius 2 is 2.00 bits per heavy atom. The summed E-state index contributed by atoms with van der Waals surface area (Å²) in [5, 5.41) is 11.9. The highest BCUT2D eigenvalue weighted by molar-refractivity contribution is 5.67. The highest BCUT2D eigenvalue weighted by Crippen LogP contribution is 2.25. The summed E-state index contributed by atoms with van der Waals surface area (Å²) in [6.07, 6.45) is 0. The molecule has 0 atom stereocenters. The van der Waals surface area contributed by atoms with E-state index in [1.807, 2.05) is 19.9 Å². The van der Waals surface area contributed by atoms with Gasteiger partial charge < -0.3 is 10.5 Å². The van der Waals surface area contributed by atoms with Crippen LogP contribution < -0.4 is 5.73 Å². The lowest BCUT2D eigenvalue weighted by molar-refractivity contribution is 0.101. The molecule has 0 fully saturated rings. The average molecular weight is 289 g/mol. The third kappa shape index (κ3) is 3.78. The van der Waals surface area contributed by atoms with Gasteiger partial charge in [-0.3, -0.25) is 0 Å². The number of hydrogen-bond acceptors (Lipinski definition) is 5. The minimum atomic E-state index is 0.525. The van der Waals surface area contributed by atoms with Gasteiger partial charge >= 0.3 is 0 Å². The van der Waals surface area contributed by atoms with E-state index in [-0.39, 0.29) is 0 Å². The lowest BCUT2D eigenvalue weighted by Gasteiger charge is -2.10. The predicted octanol–water partition coefficient (Wildman–Crippen LogP) is 2.21. The zero-order valence-corrected chi connectivity index (χ0v) is 13.1. The molecule has 0 aliphatic rings. The molecule has 2 N–H and O–H groups in total. The molecule has 0 unspecified atom stereocenters. The number of hydrogen-bond donors (Lipinski definition) is 1. The normalized spacial score (nSPS) is 11.3. The van der Waals surface area contributed by atoms with Gasteiger partial charge in [-0.05, 0) is 47.4 Å². The molecule has 0 amide bonds. The van der Waals surface area contributed by atoms with Gasteiger partial charge in [0.25, 0.3) is 0 Å². The first-order valence-electron chi connectivity index (χ1n) is 7.20. The highest BCUT2D eigenvalue weighted by atomic mass is 16.5. The van der Waals surface area contributed by atoms with Crippen LogP contribution in [0.1, 0.15) is 25.0 Å². The summed E-state index contributed by atoms with van der Waals surface area (Å²) >= 11 is 0. The van der Waals surface area contributed by atoms with Crippen LogP contribution in [-0.2, 0) is 11.3 Å². The zero-order valence-electron chi connectivity index (χ0n) is 13.1. The van der Waals surface area contributed by atoms with Crippen LogP contribution in [0.4, 0.5) is 5.69 Å². The Bertz CT molecular complexity index is 606. The van der Waals surface area contributed by atoms with Crippen LogP contribution in [0.2, 0.25) is 0 Å². The van der Waals surface area contributed by atoms with Gasteiger partial charge in [0, 0.05) is 17.9 Å². The van der Waals surface area contributed by atoms with Gasteiger partial charge in [0.15, 0.2) is 5.82 Å². The molecular formula is C15H23N5O. The molecule has 0 aliphatic heterocycles. The summed E-state index contributed by atoms with van der Waals surface area (Å²) in [6.45, 7) is 10.2. The van der Waals surface area contributed by atoms with Crippen molar-refractivity contribution in [2.45, 2.75) is 34.2 Å². The topological polar surface area (TPSA) is 78.8 Å². The first kappa shape index (κ1) is 15.4. The van der Waals surface area contributed by atoms with Gasteiger partial charge in [0.05, 0.1) is 13.2 Å². The second-order valence-corrected chi connectivity index (χ2v) is 5.72. The van der Waals surface area contributed by atoms with Gasteiger partial charge in [-0.15, -0.1) is 5.10 Å². The summed E-state index contributed by atoms with van der Waals surface area (Å²) in [6, 6.07) is 3.99. The number of nitrogen functional groups attached to an aromatic ring is 1. The van der Waals surface area contributed by atoms with Crippen LogP contribution in [0.15, 0.2) is 12.1 Å². The first-order chi connectivity index (χ1) is 9.99. The van der Waals surface area contributed by atoms with Crippen LogP contribution >= 0.6 is 0 Å². The number of benzene rings is 1. The summed E-state index contributed by atoms with van der Waals surface area (Å²) in [4.78, 5) is 0. The van der Waals surface area contributed by atoms with Crippen molar-refractivity contribution in [3.8, 4) is 11.4 Å². The van der Waals surface area contributed by atoms with Crippen LogP contribution in [0, 0.1) is 19.8 Å². The molecule has 114 valence electrons. The molecule has 2 rings (SSSR count). The number of anilines is 1. The number of nitrogens with zero attached hydrogens (tertiary/aromatic N) is 4. The minimum absolute atomic E-state index is 0.525. The van der Waals surface area contributed by atoms with Gasteiger partial charge in [-0.1, -0.05) is 19.9 Å². The third-order valence-corrected chi connectivity index (χ3v) is 3.28. The largest absolute Gasteiger partial charge is 0.398 e. The molecule has 2 aromatic rings. The predicted molar refractivity (Wildman–Crippen MR) is 82.8 cm³/mol. The standard InChI is InChI=1S/C15H23N5O/c1-10(2)9-21-6-5-20-15(17-18-19-20)13-8-14(16)12(4)7-11(13)3/h7-8,10H,5-6,9,16H2,1-4H3. The SMILES string of the molecule is Cc1cc(C)c(-c2nnnn2CCOCC(C)C)cc1N. The minimum Gasteiger partial charge on any atom is -0.398 e. The van der Waals surface area contributed by atoms with E-state index in [4.69, 9.17) is 10.5 Å². The maximum atomic E-state index is 6.00. The molecule has 0 saturated heterocycles. The number of nitrogens with two attached hydrogens (primary N) is 1. The molecule has 21 heavy (non-hydrogen) atoms. The molecule has 0 aliphatic carbocycles. The summed E-state index contributed by atoms with van der Waals surface area (Å²) in [7, 11) is 0. The van der Waals surface area contributed by atoms with Crippen molar-refractivity contribution in [3.63, 3.8) is 0 Å². The number of aromatic nitrogens is 4. The van der Waals surface area contributed by atoms with E-state index in [0.29, 0.717) is 19.1 Å². The van der Waals surface area contributed by atoms with E-state index >= 15 is 0 Å². The molecule has 0 saturated carbocycles. The highest BCUT2D eigenvalue weighted by Gasteiger charge is 2.13. The number of rotatable bonds is 6. The Morgan fingerprint density at radius 1 is 1.24 bits per heavy atom. The fraction of sp³-hybridized carbons (Fsp3) is 0.533. The van der Waals surface area contributed by atoms with Crippen molar-refractivity contribution < 1.29 is 4.74 Å². The summed E-state index contributed by atoms with van der Waals surface area (Å²) < 4.78 is 7.35. The Balaban J connectivity index is 2.15. The van der Waals surface area contributed by atoms with E-state index in [1.165, 1.54) is 0 Å². The number of ether oxygens (including phenoxy) is 1. The van der Waals surface area contributed by atoms with Crippen molar-refractivity contribution in [1.29, 1.82) is 0 Å². The fourth-order valence-corrected chi connectivity index (χ4v) is 2.13. The molecule has 6 heteroatoms. The van der Waals surface area contributed by atoms with Crippen molar-refractivity contribution in [3.05, 3.63) is 23.3 Å². The molecule has 1 heterocycles. The van der Waals surface area contributed by atoms with Gasteiger partial charge in [0.1, 0.15) is 0 Å². The summed E-state index contributed by atoms with van der Waals surface area (Å²) in [5.74, 6) is 1.25. The maximum Gasteiger partial charge on any atom is 0.182 e. The Labute approximate surface area is 125 Å². The van der Waals surface area contributed by atoms with Gasteiger partial charge in [-0.2, -0.15) is 0 Å². The van der Waals surface area contributed by atoms with E-state index < -0.39 is 0 Å². The van der Waals surface area contributed by atoms with E-state index in [2.05, 4.69) is 35.4 Å². The van der Waals surface area contributed by atoms with Crippen molar-refractivity contribution >= 4 is 5.69 Å². The van der Waals surface area contributed by atoms with E-state index in [1.54, 1.807) is 4.68 Å². The quantitative estimate of drug-likeness (QED) is 0.651. The van der Waals surface area contributed by atoms with E-state index in [9.17, 15) is 0 Å². The second-order valence-electron chi connectivity index (χ2n) is 5.72. The third-order valence-electron chi connectivity index (χ3n) is 3.28. The molecule has 1 aromatic heterocycles. The zero-order chi connectivity index (χ0) is 15.4. The van der Waals surface area contributed by atoms with Crippen LogP contribution in [0.3, 0.4) is 0 Å². The molecule has 0 radical (unpaired) electrons. The molecule has 0 bridgehead atoms. The average Bonchev–Trinajstić information content (AvgIpc) is 2.87. The molecule has 0 spiro atoms. The van der Waals surface area contributed by atoms with Gasteiger partial charge in [0.2, 0.25) is 0 Å². The van der Waals surface area contributed by atoms with Crippen LogP contribution in [-0.4, -0.2) is 33.4 Å². The molecule has 1 aromatic carbocycles. The molecular weight excluding hydrogens is 266 g/mol. The lowest BCUT2D eigenvalue weighted by atomic mass is 10.0. The maximum absolute atomic E-state index is 6.00. The van der Waals surface area contributed by atoms with Crippen molar-refractivity contribution in [2.24, 2.45) is 5.92 Å². The Hall–Kier alpha value is -1.95. The van der Waals surface area contributed by atoms with Crippen molar-refractivity contribution in [2.75, 3.05) is 18.9 Å². The second kappa shape index (κ2) is 6.67. The van der Waals surface area contributed by atoms with Crippen molar-refractivity contribution in [1.82, 2.24) is 20.2 Å². The Morgan fingerprint density at radius 3 is 2.71 bits per heavy atom. The van der Waals surface area contributed by atoms with E-state index in [0.717, 1.165) is 34.8 Å². The number of tetrazole rings is 1.